The van der Waals surface area contributed by atoms with Gasteiger partial charge in [-0.2, -0.15) is 0 Å². The van der Waals surface area contributed by atoms with Gasteiger partial charge in [-0.3, -0.25) is 9.59 Å². The van der Waals surface area contributed by atoms with E-state index in [0.717, 1.165) is 74.4 Å². The molecule has 1 saturated carbocycles. The predicted octanol–water partition coefficient (Wildman–Crippen LogP) is 7.78. The average Bonchev–Trinajstić information content (AvgIpc) is 3.24. The van der Waals surface area contributed by atoms with E-state index in [4.69, 9.17) is 21.1 Å². The second kappa shape index (κ2) is 17.9. The fourth-order valence-corrected chi connectivity index (χ4v) is 8.73. The molecule has 2 aliphatic carbocycles. The molecular formula is C41H60ClN3O5S. The van der Waals surface area contributed by atoms with Gasteiger partial charge in [-0.25, -0.2) is 8.93 Å². The summed E-state index contributed by atoms with van der Waals surface area (Å²) in [5.74, 6) is 2.14. The molecule has 7 atom stereocenters. The van der Waals surface area contributed by atoms with Crippen LogP contribution in [0.15, 0.2) is 48.6 Å². The van der Waals surface area contributed by atoms with Gasteiger partial charge in [0.15, 0.2) is 0 Å². The third-order valence-corrected chi connectivity index (χ3v) is 13.3. The summed E-state index contributed by atoms with van der Waals surface area (Å²) >= 11 is 6.41. The van der Waals surface area contributed by atoms with Crippen molar-refractivity contribution in [2.45, 2.75) is 102 Å². The summed E-state index contributed by atoms with van der Waals surface area (Å²) in [5, 5.41) is 0.859. The Morgan fingerprint density at radius 1 is 1.22 bits per heavy atom. The Hall–Kier alpha value is -2.72. The van der Waals surface area contributed by atoms with Gasteiger partial charge in [0.05, 0.1) is 29.4 Å². The van der Waals surface area contributed by atoms with Crippen molar-refractivity contribution in [1.82, 2.24) is 9.62 Å². The van der Waals surface area contributed by atoms with Gasteiger partial charge >= 0.3 is 0 Å². The molecule has 1 heterocycles. The fraction of sp³-hybridized carbons (Fsp3) is 0.610. The lowest BCUT2D eigenvalue weighted by Gasteiger charge is -2.46. The highest BCUT2D eigenvalue weighted by Gasteiger charge is 2.44. The normalized spacial score (nSPS) is 23.7. The van der Waals surface area contributed by atoms with Crippen molar-refractivity contribution in [2.24, 2.45) is 17.8 Å². The number of methoxy groups -OCH3 is 1. The number of nitrogens with zero attached hydrogens (tertiary/aromatic N) is 2. The van der Waals surface area contributed by atoms with Crippen molar-refractivity contribution in [2.75, 3.05) is 45.8 Å². The van der Waals surface area contributed by atoms with Gasteiger partial charge in [0, 0.05) is 61.0 Å². The lowest BCUT2D eigenvalue weighted by Crippen LogP contribution is -2.49. The van der Waals surface area contributed by atoms with E-state index in [2.05, 4.69) is 40.8 Å². The van der Waals surface area contributed by atoms with Gasteiger partial charge in [-0.15, -0.1) is 0 Å². The van der Waals surface area contributed by atoms with Crippen molar-refractivity contribution in [3.8, 4) is 5.75 Å². The van der Waals surface area contributed by atoms with Crippen LogP contribution in [0.3, 0.4) is 0 Å². The van der Waals surface area contributed by atoms with Crippen LogP contribution < -0.4 is 14.4 Å². The van der Waals surface area contributed by atoms with E-state index in [1.165, 1.54) is 11.1 Å². The van der Waals surface area contributed by atoms with Crippen molar-refractivity contribution >= 4 is 40.5 Å². The number of anilines is 1. The van der Waals surface area contributed by atoms with E-state index >= 15 is 0 Å². The van der Waals surface area contributed by atoms with Crippen molar-refractivity contribution in [3.05, 3.63) is 70.3 Å². The highest BCUT2D eigenvalue weighted by Crippen LogP contribution is 2.47. The molecule has 1 spiro atoms. The molecule has 3 aliphatic rings. The maximum atomic E-state index is 12.2. The number of amides is 1. The van der Waals surface area contributed by atoms with Crippen LogP contribution >= 0.6 is 11.6 Å². The third kappa shape index (κ3) is 10.0. The zero-order chi connectivity index (χ0) is 37.5. The molecule has 0 bridgehead atoms. The monoisotopic (exact) mass is 741 g/mol. The van der Waals surface area contributed by atoms with Crippen LogP contribution in [0.1, 0.15) is 95.1 Å². The van der Waals surface area contributed by atoms with Crippen LogP contribution in [0.4, 0.5) is 5.69 Å². The Kier molecular flexibility index (Phi) is 14.4. The maximum absolute atomic E-state index is 12.2. The summed E-state index contributed by atoms with van der Waals surface area (Å²) in [6.45, 7) is 14.1. The van der Waals surface area contributed by atoms with Gasteiger partial charge in [0.25, 0.3) is 0 Å². The molecular weight excluding hydrogens is 682 g/mol. The van der Waals surface area contributed by atoms with E-state index in [1.807, 2.05) is 59.0 Å². The molecule has 0 saturated heterocycles. The van der Waals surface area contributed by atoms with E-state index in [9.17, 15) is 13.8 Å². The maximum Gasteiger partial charge on any atom is 0.219 e. The fourth-order valence-electron chi connectivity index (χ4n) is 7.63. The first-order valence-electron chi connectivity index (χ1n) is 18.4. The number of carbonyl (C=O) groups excluding carboxylic acids is 2. The van der Waals surface area contributed by atoms with E-state index in [-0.39, 0.29) is 28.2 Å². The number of fused-ring (bicyclic) bond motifs is 3. The first-order chi connectivity index (χ1) is 24.1. The highest BCUT2D eigenvalue weighted by atomic mass is 35.5. The molecule has 0 aromatic heterocycles. The number of aryl methyl sites for hydroxylation is 1. The highest BCUT2D eigenvalue weighted by molar-refractivity contribution is 7.83. The number of carbonyl (C=O) groups is 2. The summed E-state index contributed by atoms with van der Waals surface area (Å²) in [7, 11) is 4.32. The van der Waals surface area contributed by atoms with Gasteiger partial charge in [-0.1, -0.05) is 36.7 Å². The number of hydrogen-bond donors (Lipinski definition) is 1. The van der Waals surface area contributed by atoms with Gasteiger partial charge < -0.3 is 19.3 Å². The molecule has 8 nitrogen and oxygen atoms in total. The molecule has 2 aromatic carbocycles. The molecule has 0 radical (unpaired) electrons. The lowest BCUT2D eigenvalue weighted by atomic mass is 9.68. The zero-order valence-electron chi connectivity index (χ0n) is 32.2. The number of ether oxygens (including phenoxy) is 2. The molecule has 282 valence electrons. The van der Waals surface area contributed by atoms with Crippen LogP contribution in [-0.4, -0.2) is 79.1 Å². The average molecular weight is 742 g/mol. The Morgan fingerprint density at radius 3 is 2.55 bits per heavy atom. The first kappa shape index (κ1) is 41.0. The van der Waals surface area contributed by atoms with Crippen LogP contribution in [0.5, 0.6) is 5.75 Å². The topological polar surface area (TPSA) is 88.2 Å². The minimum Gasteiger partial charge on any atom is -0.490 e. The third-order valence-electron chi connectivity index (χ3n) is 11.5. The molecule has 5 rings (SSSR count). The number of aldehydes is 1. The molecule has 1 fully saturated rings. The minimum absolute atomic E-state index is 0.0359. The number of hydrogen-bond acceptors (Lipinski definition) is 6. The lowest BCUT2D eigenvalue weighted by molar-refractivity contribution is -0.131. The first-order valence-corrected chi connectivity index (χ1v) is 20.0. The Balaban J connectivity index is 0.000000573. The number of rotatable bonds is 11. The number of benzene rings is 2. The van der Waals surface area contributed by atoms with Gasteiger partial charge in [0.1, 0.15) is 12.0 Å². The summed E-state index contributed by atoms with van der Waals surface area (Å²) in [6, 6.07) is 12.1. The van der Waals surface area contributed by atoms with Gasteiger partial charge in [0.2, 0.25) is 5.91 Å². The molecule has 51 heavy (non-hydrogen) atoms. The van der Waals surface area contributed by atoms with Crippen LogP contribution in [0.25, 0.3) is 0 Å². The smallest absolute Gasteiger partial charge is 0.219 e. The summed E-state index contributed by atoms with van der Waals surface area (Å²) < 4.78 is 27.6. The van der Waals surface area contributed by atoms with Crippen LogP contribution in [0, 0.1) is 17.8 Å². The molecule has 10 heteroatoms. The SMILES string of the molecule is CC(=O)N(C)C(C)(C)C.CNS(=O)C(C)C(C)C/C=C/C(OC)C1CCC1CN1C[C@@]2(CCCc3cc(Cl)ccc32)COc2ccc(C=O)cc21. The number of allylic oxidation sites excluding steroid dienone is 1. The summed E-state index contributed by atoms with van der Waals surface area (Å²) in [6.07, 6.45) is 11.7. The zero-order valence-corrected chi connectivity index (χ0v) is 33.7. The predicted molar refractivity (Wildman–Crippen MR) is 210 cm³/mol. The summed E-state index contributed by atoms with van der Waals surface area (Å²) in [4.78, 5) is 26.7. The van der Waals surface area contributed by atoms with Crippen LogP contribution in [-0.2, 0) is 32.4 Å². The Labute approximate surface area is 314 Å². The van der Waals surface area contributed by atoms with Crippen molar-refractivity contribution < 1.29 is 23.3 Å². The standard InChI is InChI=1S/C34H45ClN2O4S.C7H15NO/c1-23(24(2)42(39)36-3)7-5-9-32(40-4)29-13-11-27(29)19-37-21-34(16-6-8-26-18-28(35)12-14-30(26)34)22-41-33-15-10-25(20-38)17-31(33)37;1-6(9)8(5)7(2,3)4/h5,9-10,12,14-15,17-18,20,23-24,27,29,32,36H,6-8,11,13,16,19,21-22H2,1-4H3;1-5H3/b9-5+;/t23?,24?,27?,29?,32?,34-,42?;/m0./s1. The van der Waals surface area contributed by atoms with Crippen LogP contribution in [0.2, 0.25) is 5.02 Å². The van der Waals surface area contributed by atoms with Crippen molar-refractivity contribution in [3.63, 3.8) is 0 Å². The Bertz CT molecular complexity index is 1560. The molecule has 6 unspecified atom stereocenters. The molecule has 2 aromatic rings. The van der Waals surface area contributed by atoms with E-state index in [0.29, 0.717) is 29.9 Å². The second-order valence-electron chi connectivity index (χ2n) is 15.7. The molecule has 1 amide bonds. The molecule has 1 N–H and O–H groups in total. The second-order valence-corrected chi connectivity index (χ2v) is 17.9. The van der Waals surface area contributed by atoms with E-state index in [1.54, 1.807) is 26.0 Å². The number of nitrogens with one attached hydrogen (secondary N) is 1. The van der Waals surface area contributed by atoms with E-state index < -0.39 is 11.0 Å². The minimum atomic E-state index is -1.03. The van der Waals surface area contributed by atoms with Crippen molar-refractivity contribution in [1.29, 1.82) is 0 Å². The summed E-state index contributed by atoms with van der Waals surface area (Å²) in [5.41, 5.74) is 4.17. The Morgan fingerprint density at radius 2 is 1.96 bits per heavy atom. The van der Waals surface area contributed by atoms with Gasteiger partial charge in [-0.05, 0) is 132 Å². The quantitative estimate of drug-likeness (QED) is 0.187. The molecule has 1 aliphatic heterocycles. The largest absolute Gasteiger partial charge is 0.490 e. The number of halogens is 1.